The average molecular weight is 343 g/mol. The van der Waals surface area contributed by atoms with E-state index in [-0.39, 0.29) is 5.97 Å². The maximum absolute atomic E-state index is 11.7. The van der Waals surface area contributed by atoms with E-state index >= 15 is 0 Å². The van der Waals surface area contributed by atoms with E-state index < -0.39 is 0 Å². The molecule has 0 spiro atoms. The Morgan fingerprint density at radius 2 is 2.12 bits per heavy atom. The van der Waals surface area contributed by atoms with Gasteiger partial charge in [0.2, 0.25) is 0 Å². The van der Waals surface area contributed by atoms with Crippen LogP contribution in [-0.4, -0.2) is 65.2 Å². The summed E-state index contributed by atoms with van der Waals surface area (Å²) in [5, 5.41) is 1.07. The Hall–Kier alpha value is -2.15. The van der Waals surface area contributed by atoms with Gasteiger partial charge in [0, 0.05) is 32.4 Å². The largest absolute Gasteiger partial charge is 0.465 e. The molecule has 2 aromatic rings. The van der Waals surface area contributed by atoms with E-state index in [1.807, 2.05) is 19.2 Å². The zero-order valence-electron chi connectivity index (χ0n) is 14.8. The summed E-state index contributed by atoms with van der Waals surface area (Å²) in [7, 11) is 2.14. The van der Waals surface area contributed by atoms with Gasteiger partial charge in [-0.15, -0.1) is 0 Å². The molecular formula is C18H25N5O2. The first-order chi connectivity index (χ1) is 12.2. The number of ether oxygens (including phenoxy) is 1. The van der Waals surface area contributed by atoms with Crippen LogP contribution in [0.5, 0.6) is 0 Å². The highest BCUT2D eigenvalue weighted by atomic mass is 16.5. The van der Waals surface area contributed by atoms with Gasteiger partial charge in [-0.3, -0.25) is 9.69 Å². The van der Waals surface area contributed by atoms with Gasteiger partial charge in [-0.05, 0) is 37.7 Å². The van der Waals surface area contributed by atoms with Crippen molar-refractivity contribution in [3.63, 3.8) is 0 Å². The fraction of sp³-hybridized carbons (Fsp3) is 0.611. The minimum absolute atomic E-state index is 0.105. The number of carbonyl (C=O) groups excluding carboxylic acids is 1. The SMILES string of the molecule is CCOC(=O)CN1CC2CC(N(C)c3ncnc4[nH]ccc34)C[C@@H]2C1. The molecule has 7 heteroatoms. The smallest absolute Gasteiger partial charge is 0.320 e. The summed E-state index contributed by atoms with van der Waals surface area (Å²) in [5.74, 6) is 2.21. The fourth-order valence-electron chi connectivity index (χ4n) is 4.51. The van der Waals surface area contributed by atoms with E-state index in [1.165, 1.54) is 0 Å². The molecule has 1 N–H and O–H groups in total. The van der Waals surface area contributed by atoms with Crippen molar-refractivity contribution < 1.29 is 9.53 Å². The maximum atomic E-state index is 11.7. The molecule has 1 saturated carbocycles. The van der Waals surface area contributed by atoms with E-state index in [1.54, 1.807) is 6.33 Å². The number of hydrogen-bond donors (Lipinski definition) is 1. The molecule has 3 atom stereocenters. The van der Waals surface area contributed by atoms with Crippen LogP contribution in [0.15, 0.2) is 18.6 Å². The molecule has 134 valence electrons. The molecule has 4 rings (SSSR count). The number of carbonyl (C=O) groups is 1. The van der Waals surface area contributed by atoms with Gasteiger partial charge in [0.15, 0.2) is 0 Å². The van der Waals surface area contributed by atoms with Crippen molar-refractivity contribution in [1.29, 1.82) is 0 Å². The molecule has 0 aromatic carbocycles. The van der Waals surface area contributed by atoms with Gasteiger partial charge < -0.3 is 14.6 Å². The number of H-pyrrole nitrogens is 1. The summed E-state index contributed by atoms with van der Waals surface area (Å²) in [5.41, 5.74) is 0.885. The van der Waals surface area contributed by atoms with Gasteiger partial charge in [-0.2, -0.15) is 0 Å². The summed E-state index contributed by atoms with van der Waals surface area (Å²) < 4.78 is 5.07. The number of nitrogens with one attached hydrogen (secondary N) is 1. The number of rotatable bonds is 5. The number of nitrogens with zero attached hydrogens (tertiary/aromatic N) is 4. The number of aromatic nitrogens is 3. The molecule has 7 nitrogen and oxygen atoms in total. The topological polar surface area (TPSA) is 74.3 Å². The molecule has 1 aliphatic heterocycles. The highest BCUT2D eigenvalue weighted by Gasteiger charge is 2.42. The Balaban J connectivity index is 1.40. The number of hydrogen-bond acceptors (Lipinski definition) is 6. The first-order valence-electron chi connectivity index (χ1n) is 9.04. The lowest BCUT2D eigenvalue weighted by Gasteiger charge is -2.27. The van der Waals surface area contributed by atoms with Gasteiger partial charge in [-0.1, -0.05) is 0 Å². The lowest BCUT2D eigenvalue weighted by atomic mass is 10.0. The minimum atomic E-state index is -0.105. The summed E-state index contributed by atoms with van der Waals surface area (Å²) in [6.45, 7) is 4.73. The van der Waals surface area contributed by atoms with Crippen molar-refractivity contribution in [3.8, 4) is 0 Å². The van der Waals surface area contributed by atoms with E-state index in [0.29, 0.717) is 31.0 Å². The fourth-order valence-corrected chi connectivity index (χ4v) is 4.51. The van der Waals surface area contributed by atoms with E-state index in [2.05, 4.69) is 31.8 Å². The van der Waals surface area contributed by atoms with E-state index in [9.17, 15) is 4.79 Å². The van der Waals surface area contributed by atoms with E-state index in [4.69, 9.17) is 4.74 Å². The van der Waals surface area contributed by atoms with E-state index in [0.717, 1.165) is 42.8 Å². The predicted octanol–water partition coefficient (Wildman–Crippen LogP) is 1.67. The third-order valence-corrected chi connectivity index (χ3v) is 5.67. The molecule has 2 aromatic heterocycles. The normalized spacial score (nSPS) is 26.1. The Bertz CT molecular complexity index is 747. The van der Waals surface area contributed by atoms with Gasteiger partial charge in [0.1, 0.15) is 17.8 Å². The van der Waals surface area contributed by atoms with Crippen LogP contribution >= 0.6 is 0 Å². The number of fused-ring (bicyclic) bond motifs is 2. The quantitative estimate of drug-likeness (QED) is 0.833. The van der Waals surface area contributed by atoms with Crippen molar-refractivity contribution in [3.05, 3.63) is 18.6 Å². The monoisotopic (exact) mass is 343 g/mol. The Labute approximate surface area is 147 Å². The lowest BCUT2D eigenvalue weighted by molar-refractivity contribution is -0.144. The van der Waals surface area contributed by atoms with Crippen molar-refractivity contribution in [2.24, 2.45) is 11.8 Å². The molecule has 2 unspecified atom stereocenters. The van der Waals surface area contributed by atoms with Crippen molar-refractivity contribution >= 4 is 22.8 Å². The third-order valence-electron chi connectivity index (χ3n) is 5.67. The Morgan fingerprint density at radius 3 is 2.84 bits per heavy atom. The average Bonchev–Trinajstić information content (AvgIpc) is 3.27. The minimum Gasteiger partial charge on any atom is -0.465 e. The van der Waals surface area contributed by atoms with Crippen LogP contribution < -0.4 is 4.90 Å². The number of anilines is 1. The van der Waals surface area contributed by atoms with Crippen molar-refractivity contribution in [2.45, 2.75) is 25.8 Å². The molecule has 1 aliphatic carbocycles. The van der Waals surface area contributed by atoms with Crippen LogP contribution in [0.4, 0.5) is 5.82 Å². The highest BCUT2D eigenvalue weighted by Crippen LogP contribution is 2.41. The van der Waals surface area contributed by atoms with Crippen LogP contribution in [-0.2, 0) is 9.53 Å². The second-order valence-electron chi connectivity index (χ2n) is 7.19. The molecule has 0 radical (unpaired) electrons. The third kappa shape index (κ3) is 3.08. The molecule has 3 heterocycles. The first-order valence-corrected chi connectivity index (χ1v) is 9.04. The number of aromatic amines is 1. The Morgan fingerprint density at radius 1 is 1.36 bits per heavy atom. The molecular weight excluding hydrogens is 318 g/mol. The molecule has 2 aliphatic rings. The van der Waals surface area contributed by atoms with Gasteiger partial charge in [0.25, 0.3) is 0 Å². The summed E-state index contributed by atoms with van der Waals surface area (Å²) in [4.78, 5) is 28.2. The molecule has 0 amide bonds. The predicted molar refractivity (Wildman–Crippen MR) is 95.4 cm³/mol. The first kappa shape index (κ1) is 16.3. The van der Waals surface area contributed by atoms with Gasteiger partial charge >= 0.3 is 5.97 Å². The molecule has 1 saturated heterocycles. The van der Waals surface area contributed by atoms with Crippen LogP contribution in [0.25, 0.3) is 11.0 Å². The molecule has 25 heavy (non-hydrogen) atoms. The van der Waals surface area contributed by atoms with Crippen molar-refractivity contribution in [1.82, 2.24) is 19.9 Å². The van der Waals surface area contributed by atoms with Crippen LogP contribution in [0.2, 0.25) is 0 Å². The van der Waals surface area contributed by atoms with Crippen molar-refractivity contribution in [2.75, 3.05) is 38.2 Å². The lowest BCUT2D eigenvalue weighted by Crippen LogP contribution is -2.34. The van der Waals surface area contributed by atoms with Crippen LogP contribution in [0.3, 0.4) is 0 Å². The van der Waals surface area contributed by atoms with Gasteiger partial charge in [0.05, 0.1) is 18.5 Å². The molecule has 0 bridgehead atoms. The highest BCUT2D eigenvalue weighted by molar-refractivity contribution is 5.87. The maximum Gasteiger partial charge on any atom is 0.320 e. The second kappa shape index (κ2) is 6.63. The zero-order chi connectivity index (χ0) is 17.4. The summed E-state index contributed by atoms with van der Waals surface area (Å²) >= 11 is 0. The van der Waals surface area contributed by atoms with Gasteiger partial charge in [-0.25, -0.2) is 9.97 Å². The molecule has 2 fully saturated rings. The standard InChI is InChI=1S/C18H25N5O2/c1-3-25-16(24)10-23-8-12-6-14(7-13(12)9-23)22(2)18-15-4-5-19-17(15)20-11-21-18/h4-5,11-14H,3,6-10H2,1-2H3,(H,19,20,21)/t12-,13?,14?/m1/s1. The van der Waals surface area contributed by atoms with Crippen LogP contribution in [0.1, 0.15) is 19.8 Å². The number of esters is 1. The Kier molecular flexibility index (Phi) is 4.33. The zero-order valence-corrected chi connectivity index (χ0v) is 14.8. The summed E-state index contributed by atoms with van der Waals surface area (Å²) in [6, 6.07) is 2.53. The summed E-state index contributed by atoms with van der Waals surface area (Å²) in [6.07, 6.45) is 5.83. The number of likely N-dealkylation sites (tertiary alicyclic amines) is 1. The van der Waals surface area contributed by atoms with Crippen LogP contribution in [0, 0.1) is 11.8 Å². The second-order valence-corrected chi connectivity index (χ2v) is 7.19.